The second kappa shape index (κ2) is 12.1. The Morgan fingerprint density at radius 1 is 1.04 bits per heavy atom. The maximum atomic E-state index is 13.1. The van der Waals surface area contributed by atoms with Crippen molar-refractivity contribution in [2.24, 2.45) is 5.92 Å². The van der Waals surface area contributed by atoms with E-state index in [4.69, 9.17) is 14.2 Å². The Morgan fingerprint density at radius 3 is 2.39 bits per heavy atom. The third kappa shape index (κ3) is 7.25. The highest BCUT2D eigenvalue weighted by Crippen LogP contribution is 2.27. The minimum Gasteiger partial charge on any atom is -0.469 e. The summed E-state index contributed by atoms with van der Waals surface area (Å²) >= 11 is 0. The van der Waals surface area contributed by atoms with E-state index in [9.17, 15) is 9.18 Å². The number of halogens is 1. The molecule has 4 nitrogen and oxygen atoms in total. The van der Waals surface area contributed by atoms with Crippen molar-refractivity contribution in [3.63, 3.8) is 0 Å². The first-order valence-electron chi connectivity index (χ1n) is 9.26. The van der Waals surface area contributed by atoms with Crippen LogP contribution in [0.5, 0.6) is 0 Å². The summed E-state index contributed by atoms with van der Waals surface area (Å²) in [5.41, 5.74) is 1.94. The first-order valence-corrected chi connectivity index (χ1v) is 9.26. The molecule has 0 aliphatic carbocycles. The van der Waals surface area contributed by atoms with Crippen molar-refractivity contribution in [3.8, 4) is 0 Å². The monoisotopic (exact) mass is 386 g/mol. The smallest absolute Gasteiger partial charge is 0.309 e. The van der Waals surface area contributed by atoms with Crippen molar-refractivity contribution in [1.82, 2.24) is 0 Å². The lowest BCUT2D eigenvalue weighted by atomic mass is 9.94. The van der Waals surface area contributed by atoms with Gasteiger partial charge in [0.2, 0.25) is 0 Å². The fourth-order valence-corrected chi connectivity index (χ4v) is 2.91. The standard InChI is InChI=1S/C23H27FO4/c1-26-22(19-11-13-21(24)14-12-19)16-20(23(25)27-2)10-6-7-15-28-17-18-8-4-3-5-9-18/h3-9,11-14,20,22H,10,15-17H2,1-2H3/t20?,22-/m1/s1. The Labute approximate surface area is 165 Å². The molecule has 0 radical (unpaired) electrons. The van der Waals surface area contributed by atoms with Crippen molar-refractivity contribution >= 4 is 5.97 Å². The number of benzene rings is 2. The van der Waals surface area contributed by atoms with E-state index in [0.717, 1.165) is 11.1 Å². The van der Waals surface area contributed by atoms with Crippen LogP contribution < -0.4 is 0 Å². The third-order valence-corrected chi connectivity index (χ3v) is 4.47. The van der Waals surface area contributed by atoms with Crippen LogP contribution in [-0.4, -0.2) is 26.8 Å². The Hall–Kier alpha value is -2.50. The predicted molar refractivity (Wildman–Crippen MR) is 106 cm³/mol. The highest BCUT2D eigenvalue weighted by molar-refractivity contribution is 5.72. The van der Waals surface area contributed by atoms with Crippen molar-refractivity contribution in [2.45, 2.75) is 25.6 Å². The number of methoxy groups -OCH3 is 2. The maximum absolute atomic E-state index is 13.1. The van der Waals surface area contributed by atoms with E-state index in [1.807, 2.05) is 42.5 Å². The highest BCUT2D eigenvalue weighted by atomic mass is 19.1. The van der Waals surface area contributed by atoms with Crippen LogP contribution in [0.25, 0.3) is 0 Å². The molecule has 0 fully saturated rings. The summed E-state index contributed by atoms with van der Waals surface area (Å²) in [4.78, 5) is 12.2. The maximum Gasteiger partial charge on any atom is 0.309 e. The molecule has 0 aliphatic heterocycles. The van der Waals surface area contributed by atoms with E-state index < -0.39 is 0 Å². The van der Waals surface area contributed by atoms with Gasteiger partial charge in [-0.2, -0.15) is 0 Å². The van der Waals surface area contributed by atoms with Crippen LogP contribution in [0.3, 0.4) is 0 Å². The molecule has 0 aromatic heterocycles. The third-order valence-electron chi connectivity index (χ3n) is 4.47. The zero-order valence-electron chi connectivity index (χ0n) is 16.3. The van der Waals surface area contributed by atoms with Gasteiger partial charge in [0.1, 0.15) is 5.82 Å². The zero-order chi connectivity index (χ0) is 20.2. The second-order valence-corrected chi connectivity index (χ2v) is 6.44. The molecule has 5 heteroatoms. The lowest BCUT2D eigenvalue weighted by molar-refractivity contribution is -0.146. The van der Waals surface area contributed by atoms with Gasteiger partial charge in [-0.15, -0.1) is 0 Å². The van der Waals surface area contributed by atoms with Crippen LogP contribution in [-0.2, 0) is 25.6 Å². The van der Waals surface area contributed by atoms with Gasteiger partial charge >= 0.3 is 5.97 Å². The number of esters is 1. The van der Waals surface area contributed by atoms with Gasteiger partial charge in [-0.1, -0.05) is 54.6 Å². The Morgan fingerprint density at radius 2 is 1.75 bits per heavy atom. The van der Waals surface area contributed by atoms with Gasteiger partial charge in [0.25, 0.3) is 0 Å². The van der Waals surface area contributed by atoms with Crippen molar-refractivity contribution in [3.05, 3.63) is 83.7 Å². The van der Waals surface area contributed by atoms with Crippen molar-refractivity contribution < 1.29 is 23.4 Å². The molecule has 2 aromatic carbocycles. The zero-order valence-corrected chi connectivity index (χ0v) is 16.3. The fourth-order valence-electron chi connectivity index (χ4n) is 2.91. The number of ether oxygens (including phenoxy) is 3. The lowest BCUT2D eigenvalue weighted by Crippen LogP contribution is -2.19. The van der Waals surface area contributed by atoms with Crippen LogP contribution in [0.2, 0.25) is 0 Å². The van der Waals surface area contributed by atoms with Crippen LogP contribution in [0, 0.1) is 11.7 Å². The SMILES string of the molecule is COC(=O)C(CC=CCOCc1ccccc1)C[C@@H](OC)c1ccc(F)cc1. The van der Waals surface area contributed by atoms with Gasteiger partial charge in [0.05, 0.1) is 32.3 Å². The molecular weight excluding hydrogens is 359 g/mol. The normalized spacial score (nSPS) is 13.4. The largest absolute Gasteiger partial charge is 0.469 e. The number of hydrogen-bond acceptors (Lipinski definition) is 4. The van der Waals surface area contributed by atoms with Gasteiger partial charge in [-0.25, -0.2) is 4.39 Å². The molecule has 0 heterocycles. The molecule has 0 saturated heterocycles. The summed E-state index contributed by atoms with van der Waals surface area (Å²) in [5.74, 6) is -0.953. The second-order valence-electron chi connectivity index (χ2n) is 6.44. The van der Waals surface area contributed by atoms with E-state index in [-0.39, 0.29) is 23.8 Å². The van der Waals surface area contributed by atoms with Gasteiger partial charge in [0, 0.05) is 7.11 Å². The van der Waals surface area contributed by atoms with Crippen molar-refractivity contribution in [2.75, 3.05) is 20.8 Å². The van der Waals surface area contributed by atoms with Crippen LogP contribution in [0.1, 0.15) is 30.1 Å². The van der Waals surface area contributed by atoms with Gasteiger partial charge in [-0.3, -0.25) is 4.79 Å². The molecule has 150 valence electrons. The molecule has 2 atom stereocenters. The predicted octanol–water partition coefficient (Wildman–Crippen LogP) is 4.86. The first-order chi connectivity index (χ1) is 13.6. The summed E-state index contributed by atoms with van der Waals surface area (Å²) in [7, 11) is 2.96. The average molecular weight is 386 g/mol. The summed E-state index contributed by atoms with van der Waals surface area (Å²) in [6.07, 6.45) is 4.47. The summed E-state index contributed by atoms with van der Waals surface area (Å²) in [6.45, 7) is 1.01. The van der Waals surface area contributed by atoms with E-state index in [1.165, 1.54) is 19.2 Å². The van der Waals surface area contributed by atoms with Crippen molar-refractivity contribution in [1.29, 1.82) is 0 Å². The average Bonchev–Trinajstić information content (AvgIpc) is 2.73. The summed E-state index contributed by atoms with van der Waals surface area (Å²) in [5, 5.41) is 0. The number of allylic oxidation sites excluding steroid dienone is 1. The molecule has 0 aliphatic rings. The van der Waals surface area contributed by atoms with Crippen LogP contribution in [0.15, 0.2) is 66.7 Å². The van der Waals surface area contributed by atoms with Crippen LogP contribution >= 0.6 is 0 Å². The summed E-state index contributed by atoms with van der Waals surface area (Å²) < 4.78 is 29.2. The van der Waals surface area contributed by atoms with E-state index in [0.29, 0.717) is 26.1 Å². The molecule has 1 unspecified atom stereocenters. The molecule has 0 N–H and O–H groups in total. The number of rotatable bonds is 11. The highest BCUT2D eigenvalue weighted by Gasteiger charge is 2.24. The van der Waals surface area contributed by atoms with Gasteiger partial charge in [0.15, 0.2) is 0 Å². The van der Waals surface area contributed by atoms with E-state index in [2.05, 4.69) is 0 Å². The molecule has 0 saturated carbocycles. The van der Waals surface area contributed by atoms with Crippen LogP contribution in [0.4, 0.5) is 4.39 Å². The first kappa shape index (κ1) is 21.8. The molecule has 0 bridgehead atoms. The summed E-state index contributed by atoms with van der Waals surface area (Å²) in [6, 6.07) is 16.1. The minimum absolute atomic E-state index is 0.293. The molecule has 0 spiro atoms. The lowest BCUT2D eigenvalue weighted by Gasteiger charge is -2.20. The molecular formula is C23H27FO4. The number of carbonyl (C=O) groups is 1. The van der Waals surface area contributed by atoms with Gasteiger partial charge in [-0.05, 0) is 36.1 Å². The molecule has 0 amide bonds. The molecule has 2 rings (SSSR count). The topological polar surface area (TPSA) is 44.8 Å². The number of hydrogen-bond donors (Lipinski definition) is 0. The number of carbonyl (C=O) groups excluding carboxylic acids is 1. The Balaban J connectivity index is 1.86. The Bertz CT molecular complexity index is 728. The molecule has 28 heavy (non-hydrogen) atoms. The van der Waals surface area contributed by atoms with Gasteiger partial charge < -0.3 is 14.2 Å². The van der Waals surface area contributed by atoms with E-state index in [1.54, 1.807) is 19.2 Å². The molecule has 2 aromatic rings. The quantitative estimate of drug-likeness (QED) is 0.314. The Kier molecular flexibility index (Phi) is 9.39. The fraction of sp³-hybridized carbons (Fsp3) is 0.348. The van der Waals surface area contributed by atoms with E-state index >= 15 is 0 Å². The minimum atomic E-state index is -0.356.